The first kappa shape index (κ1) is 25.2. The van der Waals surface area contributed by atoms with E-state index >= 15 is 0 Å². The van der Waals surface area contributed by atoms with Crippen LogP contribution in [0, 0.1) is 11.8 Å². The number of pyridine rings is 1. The van der Waals surface area contributed by atoms with Gasteiger partial charge in [0.2, 0.25) is 17.6 Å². The summed E-state index contributed by atoms with van der Waals surface area (Å²) in [6.45, 7) is -0.535. The van der Waals surface area contributed by atoms with Gasteiger partial charge in [0.25, 0.3) is 0 Å². The van der Waals surface area contributed by atoms with Gasteiger partial charge in [-0.3, -0.25) is 19.3 Å². The average Bonchev–Trinajstić information content (AvgIpc) is 3.24. The fourth-order valence-corrected chi connectivity index (χ4v) is 5.32. The number of Topliss-reactive ketones (excluding diaryl/α,β-unsaturated/α-hetero) is 1. The number of benzene rings is 3. The molecule has 2 amide bonds. The number of amides is 2. The highest BCUT2D eigenvalue weighted by Gasteiger charge is 2.47. The Labute approximate surface area is 229 Å². The summed E-state index contributed by atoms with van der Waals surface area (Å²) in [6.07, 6.45) is 5.05. The SMILES string of the molecule is O=C(COC(=O)c1cc(-c2ccc(N3C(=O)C4CC=CCC4C3=O)cc2)nc2ccccc12)c1ccccc1O. The molecule has 6 rings (SSSR count). The van der Waals surface area contributed by atoms with Crippen LogP contribution in [-0.2, 0) is 14.3 Å². The predicted molar refractivity (Wildman–Crippen MR) is 148 cm³/mol. The van der Waals surface area contributed by atoms with E-state index in [9.17, 15) is 24.3 Å². The zero-order chi connectivity index (χ0) is 27.8. The highest BCUT2D eigenvalue weighted by Crippen LogP contribution is 2.38. The number of anilines is 1. The third-order valence-corrected chi connectivity index (χ3v) is 7.40. The number of aromatic nitrogens is 1. The lowest BCUT2D eigenvalue weighted by Crippen LogP contribution is -2.30. The lowest BCUT2D eigenvalue weighted by molar-refractivity contribution is -0.122. The van der Waals surface area contributed by atoms with Crippen LogP contribution >= 0.6 is 0 Å². The Morgan fingerprint density at radius 2 is 1.50 bits per heavy atom. The van der Waals surface area contributed by atoms with Gasteiger partial charge >= 0.3 is 5.97 Å². The molecule has 8 nitrogen and oxygen atoms in total. The number of aromatic hydroxyl groups is 1. The number of allylic oxidation sites excluding steroid dienone is 2. The van der Waals surface area contributed by atoms with Crippen molar-refractivity contribution in [2.24, 2.45) is 11.8 Å². The van der Waals surface area contributed by atoms with Crippen LogP contribution in [0.2, 0.25) is 0 Å². The van der Waals surface area contributed by atoms with E-state index in [1.165, 1.54) is 17.0 Å². The topological polar surface area (TPSA) is 114 Å². The molecule has 1 N–H and O–H groups in total. The summed E-state index contributed by atoms with van der Waals surface area (Å²) < 4.78 is 5.34. The molecule has 0 saturated carbocycles. The van der Waals surface area contributed by atoms with Crippen molar-refractivity contribution in [3.05, 3.63) is 102 Å². The molecule has 0 spiro atoms. The number of nitrogens with zero attached hydrogens (tertiary/aromatic N) is 2. The van der Waals surface area contributed by atoms with E-state index in [0.717, 1.165) is 0 Å². The lowest BCUT2D eigenvalue weighted by Gasteiger charge is -2.15. The Bertz CT molecular complexity index is 1680. The van der Waals surface area contributed by atoms with Gasteiger partial charge in [0, 0.05) is 10.9 Å². The number of fused-ring (bicyclic) bond motifs is 2. The number of ether oxygens (including phenoxy) is 1. The Kier molecular flexibility index (Phi) is 6.43. The molecule has 2 atom stereocenters. The van der Waals surface area contributed by atoms with Gasteiger partial charge in [0.15, 0.2) is 6.61 Å². The molecule has 0 radical (unpaired) electrons. The first-order valence-corrected chi connectivity index (χ1v) is 12.9. The second kappa shape index (κ2) is 10.2. The van der Waals surface area contributed by atoms with E-state index in [2.05, 4.69) is 0 Å². The highest BCUT2D eigenvalue weighted by molar-refractivity contribution is 6.22. The molecule has 1 saturated heterocycles. The van der Waals surface area contributed by atoms with Crippen molar-refractivity contribution in [1.29, 1.82) is 0 Å². The number of hydrogen-bond donors (Lipinski definition) is 1. The number of carbonyl (C=O) groups is 4. The largest absolute Gasteiger partial charge is 0.507 e. The van der Waals surface area contributed by atoms with Crippen LogP contribution in [0.5, 0.6) is 5.75 Å². The number of phenolic OH excluding ortho intramolecular Hbond substituents is 1. The van der Waals surface area contributed by atoms with E-state index in [-0.39, 0.29) is 40.5 Å². The van der Waals surface area contributed by atoms with E-state index in [1.54, 1.807) is 66.7 Å². The first-order valence-electron chi connectivity index (χ1n) is 12.9. The van der Waals surface area contributed by atoms with Gasteiger partial charge in [-0.25, -0.2) is 9.78 Å². The van der Waals surface area contributed by atoms with Crippen molar-refractivity contribution < 1.29 is 29.0 Å². The first-order chi connectivity index (χ1) is 19.4. The van der Waals surface area contributed by atoms with Crippen molar-refractivity contribution in [2.45, 2.75) is 12.8 Å². The number of rotatable bonds is 6. The maximum atomic E-state index is 13.1. The number of ketones is 1. The third kappa shape index (κ3) is 4.43. The number of phenols is 1. The van der Waals surface area contributed by atoms with Crippen LogP contribution in [0.25, 0.3) is 22.2 Å². The Hall–Kier alpha value is -5.11. The van der Waals surface area contributed by atoms with E-state index < -0.39 is 18.4 Å². The van der Waals surface area contributed by atoms with Crippen LogP contribution in [0.1, 0.15) is 33.6 Å². The zero-order valence-electron chi connectivity index (χ0n) is 21.3. The number of esters is 1. The highest BCUT2D eigenvalue weighted by atomic mass is 16.5. The molecular weight excluding hydrogens is 508 g/mol. The van der Waals surface area contributed by atoms with E-state index in [1.807, 2.05) is 12.2 Å². The molecule has 1 aliphatic heterocycles. The normalized spacial score (nSPS) is 18.1. The smallest absolute Gasteiger partial charge is 0.339 e. The molecule has 1 aliphatic carbocycles. The minimum absolute atomic E-state index is 0.0705. The summed E-state index contributed by atoms with van der Waals surface area (Å²) in [4.78, 5) is 57.5. The number of para-hydroxylation sites is 2. The van der Waals surface area contributed by atoms with Gasteiger partial charge in [-0.05, 0) is 49.2 Å². The van der Waals surface area contributed by atoms with Gasteiger partial charge in [-0.1, -0.05) is 54.6 Å². The second-order valence-electron chi connectivity index (χ2n) is 9.80. The Balaban J connectivity index is 1.27. The summed E-state index contributed by atoms with van der Waals surface area (Å²) in [5, 5.41) is 10.5. The number of hydrogen-bond acceptors (Lipinski definition) is 7. The molecule has 4 aromatic rings. The van der Waals surface area contributed by atoms with Gasteiger partial charge in [-0.15, -0.1) is 0 Å². The molecule has 1 fully saturated rings. The molecule has 2 heterocycles. The molecule has 2 aliphatic rings. The van der Waals surface area contributed by atoms with Crippen molar-refractivity contribution in [3.8, 4) is 17.0 Å². The number of carbonyl (C=O) groups excluding carboxylic acids is 4. The van der Waals surface area contributed by atoms with Crippen molar-refractivity contribution in [3.63, 3.8) is 0 Å². The maximum absolute atomic E-state index is 13.1. The van der Waals surface area contributed by atoms with Crippen molar-refractivity contribution in [1.82, 2.24) is 4.98 Å². The minimum atomic E-state index is -0.704. The Morgan fingerprint density at radius 1 is 0.850 bits per heavy atom. The predicted octanol–water partition coefficient (Wildman–Crippen LogP) is 5.10. The quantitative estimate of drug-likeness (QED) is 0.159. The van der Waals surface area contributed by atoms with Gasteiger partial charge in [-0.2, -0.15) is 0 Å². The molecule has 0 bridgehead atoms. The summed E-state index contributed by atoms with van der Waals surface area (Å²) >= 11 is 0. The van der Waals surface area contributed by atoms with E-state index in [4.69, 9.17) is 9.72 Å². The van der Waals surface area contributed by atoms with E-state index in [0.29, 0.717) is 40.7 Å². The summed E-state index contributed by atoms with van der Waals surface area (Å²) in [7, 11) is 0. The third-order valence-electron chi connectivity index (χ3n) is 7.40. The molecule has 1 aromatic heterocycles. The molecule has 2 unspecified atom stereocenters. The van der Waals surface area contributed by atoms with Gasteiger partial charge < -0.3 is 9.84 Å². The summed E-state index contributed by atoms with van der Waals surface area (Å²) in [5.41, 5.74) is 2.52. The number of imide groups is 1. The maximum Gasteiger partial charge on any atom is 0.339 e. The minimum Gasteiger partial charge on any atom is -0.507 e. The van der Waals surface area contributed by atoms with Crippen LogP contribution in [0.4, 0.5) is 5.69 Å². The average molecular weight is 533 g/mol. The Morgan fingerprint density at radius 3 is 2.20 bits per heavy atom. The summed E-state index contributed by atoms with van der Waals surface area (Å²) in [5.74, 6) is -2.40. The molecule has 3 aromatic carbocycles. The molecule has 8 heteroatoms. The van der Waals surface area contributed by atoms with Crippen LogP contribution < -0.4 is 4.90 Å². The monoisotopic (exact) mass is 532 g/mol. The fourth-order valence-electron chi connectivity index (χ4n) is 5.32. The molecule has 40 heavy (non-hydrogen) atoms. The zero-order valence-corrected chi connectivity index (χ0v) is 21.3. The standard InChI is InChI=1S/C32H24N2O6/c35-28-12-6-4-10-24(28)29(36)18-40-32(39)25-17-27(33-26-11-5-3-7-21(25)26)19-13-15-20(16-14-19)34-30(37)22-8-1-2-9-23(22)31(34)38/h1-7,10-17,22-23,35H,8-9,18H2. The second-order valence-corrected chi connectivity index (χ2v) is 9.80. The molecule has 198 valence electrons. The van der Waals surface area contributed by atoms with Crippen LogP contribution in [-0.4, -0.2) is 40.3 Å². The van der Waals surface area contributed by atoms with Crippen molar-refractivity contribution in [2.75, 3.05) is 11.5 Å². The fraction of sp³-hybridized carbons (Fsp3) is 0.156. The molecular formula is C32H24N2O6. The lowest BCUT2D eigenvalue weighted by atomic mass is 9.85. The van der Waals surface area contributed by atoms with Gasteiger partial charge in [0.05, 0.1) is 39.9 Å². The van der Waals surface area contributed by atoms with Crippen LogP contribution in [0.15, 0.2) is 91.0 Å². The van der Waals surface area contributed by atoms with Crippen molar-refractivity contribution >= 4 is 40.2 Å². The summed E-state index contributed by atoms with van der Waals surface area (Å²) in [6, 6.07) is 21.7. The van der Waals surface area contributed by atoms with Crippen LogP contribution in [0.3, 0.4) is 0 Å². The van der Waals surface area contributed by atoms with Gasteiger partial charge in [0.1, 0.15) is 5.75 Å².